The summed E-state index contributed by atoms with van der Waals surface area (Å²) in [4.78, 5) is 28.1. The van der Waals surface area contributed by atoms with E-state index in [1.807, 2.05) is 36.4 Å². The SMILES string of the molecule is NC(=O)CCC(=O)N(C[C@@H]1CN(Cc2ccccc2)CCN1)c1ccccc1. The maximum Gasteiger partial charge on any atom is 0.227 e. The number of nitrogens with zero attached hydrogens (tertiary/aromatic N) is 2. The third kappa shape index (κ3) is 5.90. The molecule has 2 aromatic carbocycles. The van der Waals surface area contributed by atoms with Crippen molar-refractivity contribution in [3.05, 3.63) is 66.2 Å². The Hall–Kier alpha value is -2.70. The van der Waals surface area contributed by atoms with Crippen LogP contribution >= 0.6 is 0 Å². The van der Waals surface area contributed by atoms with Gasteiger partial charge in [-0.3, -0.25) is 14.5 Å². The molecule has 1 fully saturated rings. The Labute approximate surface area is 166 Å². The molecule has 1 atom stereocenters. The van der Waals surface area contributed by atoms with Crippen LogP contribution in [0.15, 0.2) is 60.7 Å². The number of piperazine rings is 1. The molecule has 3 rings (SSSR count). The largest absolute Gasteiger partial charge is 0.370 e. The first-order valence-corrected chi connectivity index (χ1v) is 9.75. The van der Waals surface area contributed by atoms with E-state index in [0.717, 1.165) is 31.9 Å². The average Bonchev–Trinajstić information content (AvgIpc) is 2.72. The van der Waals surface area contributed by atoms with E-state index in [1.165, 1.54) is 5.56 Å². The molecule has 0 aliphatic carbocycles. The van der Waals surface area contributed by atoms with Gasteiger partial charge in [-0.05, 0) is 17.7 Å². The summed E-state index contributed by atoms with van der Waals surface area (Å²) >= 11 is 0. The van der Waals surface area contributed by atoms with Gasteiger partial charge in [-0.25, -0.2) is 0 Å². The quantitative estimate of drug-likeness (QED) is 0.731. The van der Waals surface area contributed by atoms with Crippen LogP contribution in [0.1, 0.15) is 18.4 Å². The maximum absolute atomic E-state index is 12.8. The highest BCUT2D eigenvalue weighted by Gasteiger charge is 2.25. The lowest BCUT2D eigenvalue weighted by molar-refractivity contribution is -0.123. The van der Waals surface area contributed by atoms with Gasteiger partial charge in [0.15, 0.2) is 0 Å². The number of benzene rings is 2. The molecule has 1 heterocycles. The van der Waals surface area contributed by atoms with Gasteiger partial charge in [0.25, 0.3) is 0 Å². The summed E-state index contributed by atoms with van der Waals surface area (Å²) < 4.78 is 0. The zero-order valence-electron chi connectivity index (χ0n) is 16.1. The number of amides is 2. The number of anilines is 1. The number of para-hydroxylation sites is 1. The van der Waals surface area contributed by atoms with E-state index in [1.54, 1.807) is 4.90 Å². The van der Waals surface area contributed by atoms with Gasteiger partial charge in [-0.15, -0.1) is 0 Å². The van der Waals surface area contributed by atoms with Crippen molar-refractivity contribution in [3.63, 3.8) is 0 Å². The number of rotatable bonds is 8. The van der Waals surface area contributed by atoms with Crippen LogP contribution in [0.2, 0.25) is 0 Å². The summed E-state index contributed by atoms with van der Waals surface area (Å²) in [6.07, 6.45) is 0.199. The molecule has 0 radical (unpaired) electrons. The molecule has 1 saturated heterocycles. The van der Waals surface area contributed by atoms with Crippen LogP contribution in [0.5, 0.6) is 0 Å². The molecule has 0 aromatic heterocycles. The molecule has 148 valence electrons. The molecule has 6 nitrogen and oxygen atoms in total. The van der Waals surface area contributed by atoms with Crippen LogP contribution in [0.25, 0.3) is 0 Å². The normalized spacial score (nSPS) is 17.2. The van der Waals surface area contributed by atoms with Gasteiger partial charge < -0.3 is 16.0 Å². The Kier molecular flexibility index (Phi) is 7.17. The minimum Gasteiger partial charge on any atom is -0.370 e. The molecule has 1 aliphatic rings. The zero-order valence-corrected chi connectivity index (χ0v) is 16.1. The van der Waals surface area contributed by atoms with Crippen LogP contribution in [-0.4, -0.2) is 48.9 Å². The van der Waals surface area contributed by atoms with Gasteiger partial charge >= 0.3 is 0 Å². The fourth-order valence-electron chi connectivity index (χ4n) is 3.55. The van der Waals surface area contributed by atoms with E-state index in [4.69, 9.17) is 5.73 Å². The molecule has 0 saturated carbocycles. The number of carbonyl (C=O) groups is 2. The molecule has 6 heteroatoms. The summed E-state index contributed by atoms with van der Waals surface area (Å²) in [7, 11) is 0. The molecule has 1 aliphatic heterocycles. The van der Waals surface area contributed by atoms with Crippen molar-refractivity contribution in [2.24, 2.45) is 5.73 Å². The molecule has 2 aromatic rings. The molecular formula is C22H28N4O2. The summed E-state index contributed by atoms with van der Waals surface area (Å²) in [5.41, 5.74) is 7.37. The summed E-state index contributed by atoms with van der Waals surface area (Å²) in [6, 6.07) is 20.2. The van der Waals surface area contributed by atoms with E-state index in [2.05, 4.69) is 34.5 Å². The molecule has 3 N–H and O–H groups in total. The Morgan fingerprint density at radius 1 is 1.04 bits per heavy atom. The number of nitrogens with one attached hydrogen (secondary N) is 1. The highest BCUT2D eigenvalue weighted by Crippen LogP contribution is 2.17. The first kappa shape index (κ1) is 20.0. The van der Waals surface area contributed by atoms with Crippen molar-refractivity contribution >= 4 is 17.5 Å². The molecule has 0 spiro atoms. The maximum atomic E-state index is 12.8. The van der Waals surface area contributed by atoms with Gasteiger partial charge in [0.1, 0.15) is 0 Å². The van der Waals surface area contributed by atoms with E-state index >= 15 is 0 Å². The van der Waals surface area contributed by atoms with Gasteiger partial charge in [0.05, 0.1) is 0 Å². The van der Waals surface area contributed by atoms with Gasteiger partial charge in [-0.2, -0.15) is 0 Å². The predicted octanol–water partition coefficient (Wildman–Crippen LogP) is 1.76. The average molecular weight is 380 g/mol. The lowest BCUT2D eigenvalue weighted by atomic mass is 10.1. The highest BCUT2D eigenvalue weighted by molar-refractivity contribution is 5.95. The molecular weight excluding hydrogens is 352 g/mol. The van der Waals surface area contributed by atoms with Crippen LogP contribution in [0, 0.1) is 0 Å². The molecule has 28 heavy (non-hydrogen) atoms. The van der Waals surface area contributed by atoms with E-state index < -0.39 is 5.91 Å². The minimum absolute atomic E-state index is 0.0698. The van der Waals surface area contributed by atoms with Crippen LogP contribution in [0.4, 0.5) is 5.69 Å². The van der Waals surface area contributed by atoms with Gasteiger partial charge in [-0.1, -0.05) is 48.5 Å². The molecule has 0 unspecified atom stereocenters. The lowest BCUT2D eigenvalue weighted by Gasteiger charge is -2.36. The summed E-state index contributed by atoms with van der Waals surface area (Å²) in [6.45, 7) is 4.19. The van der Waals surface area contributed by atoms with E-state index in [0.29, 0.717) is 6.54 Å². The molecule has 0 bridgehead atoms. The fraction of sp³-hybridized carbons (Fsp3) is 0.364. The van der Waals surface area contributed by atoms with Crippen molar-refractivity contribution in [3.8, 4) is 0 Å². The second-order valence-electron chi connectivity index (χ2n) is 7.18. The van der Waals surface area contributed by atoms with Gasteiger partial charge in [0, 0.05) is 57.3 Å². The Bertz CT molecular complexity index is 767. The Balaban J connectivity index is 1.65. The van der Waals surface area contributed by atoms with Crippen LogP contribution in [0.3, 0.4) is 0 Å². The van der Waals surface area contributed by atoms with Crippen LogP contribution in [-0.2, 0) is 16.1 Å². The third-order valence-electron chi connectivity index (χ3n) is 4.95. The first-order valence-electron chi connectivity index (χ1n) is 9.75. The standard InChI is InChI=1S/C22H28N4O2/c23-21(27)11-12-22(28)26(20-9-5-2-6-10-20)17-19-16-25(14-13-24-19)15-18-7-3-1-4-8-18/h1-10,19,24H,11-17H2,(H2,23,27)/t19-/m0/s1. The van der Waals surface area contributed by atoms with E-state index in [-0.39, 0.29) is 24.8 Å². The zero-order chi connectivity index (χ0) is 19.8. The van der Waals surface area contributed by atoms with Crippen molar-refractivity contribution in [2.75, 3.05) is 31.1 Å². The Morgan fingerprint density at radius 3 is 2.39 bits per heavy atom. The third-order valence-corrected chi connectivity index (χ3v) is 4.95. The van der Waals surface area contributed by atoms with Crippen molar-refractivity contribution in [1.82, 2.24) is 10.2 Å². The molecule has 2 amide bonds. The number of hydrogen-bond acceptors (Lipinski definition) is 4. The number of primary amides is 1. The van der Waals surface area contributed by atoms with Crippen molar-refractivity contribution in [1.29, 1.82) is 0 Å². The van der Waals surface area contributed by atoms with Gasteiger partial charge in [0.2, 0.25) is 11.8 Å². The predicted molar refractivity (Wildman–Crippen MR) is 111 cm³/mol. The van der Waals surface area contributed by atoms with Crippen molar-refractivity contribution in [2.45, 2.75) is 25.4 Å². The smallest absolute Gasteiger partial charge is 0.227 e. The second kappa shape index (κ2) is 10.0. The van der Waals surface area contributed by atoms with Crippen molar-refractivity contribution < 1.29 is 9.59 Å². The van der Waals surface area contributed by atoms with Crippen LogP contribution < -0.4 is 16.0 Å². The highest BCUT2D eigenvalue weighted by atomic mass is 16.2. The number of carbonyl (C=O) groups excluding carboxylic acids is 2. The summed E-state index contributed by atoms with van der Waals surface area (Å²) in [5.74, 6) is -0.529. The monoisotopic (exact) mass is 380 g/mol. The second-order valence-corrected chi connectivity index (χ2v) is 7.18. The number of nitrogens with two attached hydrogens (primary N) is 1. The van der Waals surface area contributed by atoms with E-state index in [9.17, 15) is 9.59 Å². The lowest BCUT2D eigenvalue weighted by Crippen LogP contribution is -2.55. The Morgan fingerprint density at radius 2 is 1.71 bits per heavy atom. The summed E-state index contributed by atoms with van der Waals surface area (Å²) in [5, 5.41) is 3.53. The number of hydrogen-bond donors (Lipinski definition) is 2. The minimum atomic E-state index is -0.453. The first-order chi connectivity index (χ1) is 13.6. The topological polar surface area (TPSA) is 78.7 Å². The fourth-order valence-corrected chi connectivity index (χ4v) is 3.55.